The number of nitrogens with zero attached hydrogens (tertiary/aromatic N) is 2. The fraction of sp³-hybridized carbons (Fsp3) is 0.787. The average Bonchev–Trinajstić information content (AvgIpc) is 3.74. The Labute approximate surface area is 494 Å². The summed E-state index contributed by atoms with van der Waals surface area (Å²) < 4.78 is 1.72. The maximum absolute atomic E-state index is 12.9. The van der Waals surface area contributed by atoms with Gasteiger partial charge in [0, 0.05) is 22.3 Å². The summed E-state index contributed by atoms with van der Waals surface area (Å²) in [5, 5.41) is 2.86. The number of allylic oxidation sites excluding steroid dienone is 2. The zero-order valence-corrected chi connectivity index (χ0v) is 55.2. The number of rotatable bonds is 51. The Morgan fingerprint density at radius 3 is 0.795 bits per heavy atom. The third-order valence-electron chi connectivity index (χ3n) is 17.1. The van der Waals surface area contributed by atoms with Crippen molar-refractivity contribution in [2.75, 3.05) is 0 Å². The van der Waals surface area contributed by atoms with E-state index >= 15 is 0 Å². The molecule has 0 spiro atoms. The summed E-state index contributed by atoms with van der Waals surface area (Å²) >= 11 is 2.03. The molecule has 0 unspecified atom stereocenters. The van der Waals surface area contributed by atoms with Crippen LogP contribution in [0.15, 0.2) is 35.4 Å². The van der Waals surface area contributed by atoms with Gasteiger partial charge in [-0.25, -0.2) is 4.70 Å². The van der Waals surface area contributed by atoms with Gasteiger partial charge >= 0.3 is 155 Å². The van der Waals surface area contributed by atoms with Crippen LogP contribution in [-0.2, 0) is 53.0 Å². The molecule has 2 aromatic rings. The first-order chi connectivity index (χ1) is 38.3. The molecule has 2 aromatic carbocycles. The van der Waals surface area contributed by atoms with Crippen molar-refractivity contribution < 1.29 is 19.1 Å². The molecule has 1 aliphatic rings. The van der Waals surface area contributed by atoms with E-state index < -0.39 is 0 Å². The topological polar surface area (TPSA) is 25.3 Å². The number of unbranched alkanes of at least 4 members (excludes halogenated alkanes) is 31. The fourth-order valence-corrected chi connectivity index (χ4v) is 13.6. The second-order valence-electron chi connectivity index (χ2n) is 24.2. The molecule has 78 heavy (non-hydrogen) atoms. The van der Waals surface area contributed by atoms with Crippen molar-refractivity contribution in [2.45, 2.75) is 382 Å². The molecule has 0 saturated carbocycles. The van der Waals surface area contributed by atoms with Crippen LogP contribution in [0.4, 0.5) is 0 Å². The van der Waals surface area contributed by atoms with Gasteiger partial charge in [-0.3, -0.25) is 0 Å². The second kappa shape index (κ2) is 49.6. The number of hydrogen-bond donors (Lipinski definition) is 0. The van der Waals surface area contributed by atoms with E-state index in [0.717, 1.165) is 75.6 Å². The van der Waals surface area contributed by atoms with Crippen molar-refractivity contribution in [1.82, 2.24) is 0 Å². The average molecular weight is 1120 g/mol. The van der Waals surface area contributed by atoms with Gasteiger partial charge in [0.15, 0.2) is 0 Å². The monoisotopic (exact) mass is 1120 g/mol. The summed E-state index contributed by atoms with van der Waals surface area (Å²) in [4.78, 5) is 0. The largest absolute Gasteiger partial charge is 0.493 e. The van der Waals surface area contributed by atoms with Gasteiger partial charge in [0.2, 0.25) is 11.4 Å². The Morgan fingerprint density at radius 1 is 0.282 bits per heavy atom. The quantitative estimate of drug-likeness (QED) is 0.0358. The van der Waals surface area contributed by atoms with Crippen LogP contribution >= 0.6 is 0 Å². The Balaban J connectivity index is 0.000000758. The van der Waals surface area contributed by atoms with Crippen LogP contribution in [0, 0.1) is 0 Å². The molecule has 1 heterocycles. The molecule has 0 N–H and O–H groups in total. The number of aryl methyl sites for hydroxylation is 4. The van der Waals surface area contributed by atoms with E-state index in [1.165, 1.54) is 293 Å². The molecule has 0 radical (unpaired) electrons. The third kappa shape index (κ3) is 29.8. The van der Waals surface area contributed by atoms with E-state index in [1.54, 1.807) is 15.8 Å². The summed E-state index contributed by atoms with van der Waals surface area (Å²) in [6, 6.07) is 10.1. The van der Waals surface area contributed by atoms with Crippen molar-refractivity contribution in [3.05, 3.63) is 85.5 Å². The standard InChI is InChI=1S/C53H86N2.2C11H23.Ni/c1-9-17-23-28-32-42-38-46(39-43(48(42)15-7)33-29-24-18-10-2)52-50(36-22-14-6)51(37-27-21-13-5)53(55(52)54)47-40-44(34-30-25-19-11-3)49(16-8)45(41-47)35-31-26-20-12-4;2*1-3-5-7-9-11-10-8-6-4-2;/h38-41H,9-37H2,1-8H3;2*1,3-11H2,2H3;. The van der Waals surface area contributed by atoms with E-state index in [1.807, 2.05) is 14.4 Å². The maximum Gasteiger partial charge on any atom is 0.211 e. The van der Waals surface area contributed by atoms with Crippen LogP contribution in [0.3, 0.4) is 0 Å². The van der Waals surface area contributed by atoms with Crippen molar-refractivity contribution in [1.29, 1.82) is 0 Å². The van der Waals surface area contributed by atoms with E-state index in [0.29, 0.717) is 0 Å². The Morgan fingerprint density at radius 2 is 0.513 bits per heavy atom. The van der Waals surface area contributed by atoms with E-state index in [9.17, 15) is 5.53 Å². The third-order valence-corrected chi connectivity index (χ3v) is 18.5. The van der Waals surface area contributed by atoms with Crippen LogP contribution < -0.4 is 0 Å². The molecule has 0 amide bonds. The van der Waals surface area contributed by atoms with Crippen LogP contribution in [0.2, 0.25) is 10.8 Å². The normalized spacial score (nSPS) is 12.7. The predicted molar refractivity (Wildman–Crippen MR) is 348 cm³/mol. The van der Waals surface area contributed by atoms with Gasteiger partial charge in [-0.1, -0.05) is 152 Å². The minimum absolute atomic E-state index is 1.03. The van der Waals surface area contributed by atoms with Crippen molar-refractivity contribution in [2.24, 2.45) is 0 Å². The minimum Gasteiger partial charge on any atom is -0.493 e. The van der Waals surface area contributed by atoms with E-state index in [-0.39, 0.29) is 0 Å². The zero-order valence-electron chi connectivity index (χ0n) is 54.2. The van der Waals surface area contributed by atoms with Gasteiger partial charge in [0.05, 0.1) is 0 Å². The number of hydrogen-bond acceptors (Lipinski definition) is 0. The van der Waals surface area contributed by atoms with Crippen LogP contribution in [0.5, 0.6) is 0 Å². The molecule has 3 heteroatoms. The molecule has 0 saturated heterocycles. The summed E-state index contributed by atoms with van der Waals surface area (Å²) in [6.45, 7) is 23.2. The predicted octanol–water partition coefficient (Wildman–Crippen LogP) is 26.2. The molecule has 1 aliphatic heterocycles. The summed E-state index contributed by atoms with van der Waals surface area (Å²) in [5.74, 6) is 0. The first-order valence-corrected chi connectivity index (χ1v) is 36.5. The molecule has 0 aliphatic carbocycles. The molecular weight excluding hydrogens is 988 g/mol. The second-order valence-corrected chi connectivity index (χ2v) is 25.6. The molecule has 452 valence electrons. The van der Waals surface area contributed by atoms with Crippen LogP contribution in [0.1, 0.15) is 377 Å². The SMILES string of the molecule is CCCCCCCCCC[CH2][Ni][CH2]CCCCCCCCCC.CCCCCCc1cc(C2=C(CCCC)C(CCCCC)=C(c3cc(CCCCCC)c(CC)c(CCCCCC)c3)[N+]2=[N-])cc(CCCCCC)c1CC. The molecule has 3 rings (SSSR count). The van der Waals surface area contributed by atoms with Crippen LogP contribution in [0.25, 0.3) is 16.9 Å². The van der Waals surface area contributed by atoms with Gasteiger partial charge in [0.1, 0.15) is 0 Å². The Hall–Kier alpha value is -1.99. The van der Waals surface area contributed by atoms with Crippen molar-refractivity contribution in [3.63, 3.8) is 0 Å². The van der Waals surface area contributed by atoms with Gasteiger partial charge < -0.3 is 5.53 Å². The molecule has 0 aromatic heterocycles. The first-order valence-electron chi connectivity index (χ1n) is 35.1. The molecule has 0 bridgehead atoms. The fourth-order valence-electron chi connectivity index (χ4n) is 12.3. The van der Waals surface area contributed by atoms with E-state index in [2.05, 4.69) is 93.5 Å². The minimum atomic E-state index is 1.03. The zero-order chi connectivity index (χ0) is 56.7. The van der Waals surface area contributed by atoms with Gasteiger partial charge in [-0.05, 0) is 148 Å². The van der Waals surface area contributed by atoms with E-state index in [4.69, 9.17) is 0 Å². The smallest absolute Gasteiger partial charge is 0.211 e. The van der Waals surface area contributed by atoms with Crippen LogP contribution in [-0.4, -0.2) is 4.70 Å². The molecular formula is C75H132N2Ni. The molecule has 0 atom stereocenters. The van der Waals surface area contributed by atoms with Gasteiger partial charge in [-0.15, -0.1) is 0 Å². The maximum atomic E-state index is 12.9. The van der Waals surface area contributed by atoms with Crippen molar-refractivity contribution in [3.8, 4) is 0 Å². The molecule has 0 fully saturated rings. The Kier molecular flexibility index (Phi) is 45.9. The Bertz CT molecular complexity index is 1760. The number of benzene rings is 2. The van der Waals surface area contributed by atoms with Gasteiger partial charge in [0.25, 0.3) is 0 Å². The first kappa shape index (κ1) is 72.1. The summed E-state index contributed by atoms with van der Waals surface area (Å²) in [6.07, 6.45) is 61.6. The summed E-state index contributed by atoms with van der Waals surface area (Å²) in [7, 11) is 0. The molecule has 2 nitrogen and oxygen atoms in total. The van der Waals surface area contributed by atoms with Crippen molar-refractivity contribution >= 4 is 11.4 Å². The summed E-state index contributed by atoms with van der Waals surface area (Å²) in [5.41, 5.74) is 29.7. The van der Waals surface area contributed by atoms with Gasteiger partial charge in [-0.2, -0.15) is 0 Å².